The van der Waals surface area contributed by atoms with Crippen LogP contribution in [0, 0.1) is 0 Å². The first-order valence-corrected chi connectivity index (χ1v) is 9.68. The number of hydrogen-bond donors (Lipinski definition) is 0. The highest BCUT2D eigenvalue weighted by molar-refractivity contribution is 7.13. The first-order chi connectivity index (χ1) is 13.7. The number of amides is 1. The third kappa shape index (κ3) is 1.91. The molecular weight excluding hydrogens is 372 g/mol. The summed E-state index contributed by atoms with van der Waals surface area (Å²) >= 11 is 1.44. The molecule has 0 N–H and O–H groups in total. The van der Waals surface area contributed by atoms with Crippen LogP contribution < -0.4 is 10.5 Å². The summed E-state index contributed by atoms with van der Waals surface area (Å²) in [7, 11) is 0. The van der Waals surface area contributed by atoms with E-state index >= 15 is 0 Å². The standard InChI is InChI=1S/C21H12N4O2S/c26-19-17(16-10-5-11-28-16)23-25-18(22-19)14-8-3-4-9-15(14)24-20(25)12-6-1-2-7-13(12)21(24)27/h1-11,20H. The molecule has 1 amide bonds. The topological polar surface area (TPSA) is 68.1 Å². The summed E-state index contributed by atoms with van der Waals surface area (Å²) in [6.45, 7) is 0. The van der Waals surface area contributed by atoms with Crippen LogP contribution in [0.15, 0.2) is 70.8 Å². The second-order valence-corrected chi connectivity index (χ2v) is 7.61. The van der Waals surface area contributed by atoms with Gasteiger partial charge in [0.25, 0.3) is 5.91 Å². The Balaban J connectivity index is 1.71. The lowest BCUT2D eigenvalue weighted by Crippen LogP contribution is -2.39. The average Bonchev–Trinajstić information content (AvgIpc) is 3.36. The van der Waals surface area contributed by atoms with Crippen molar-refractivity contribution in [3.05, 3.63) is 87.5 Å². The van der Waals surface area contributed by atoms with Crippen LogP contribution in [0.5, 0.6) is 0 Å². The van der Waals surface area contributed by atoms with Gasteiger partial charge in [-0.05, 0) is 29.6 Å². The summed E-state index contributed by atoms with van der Waals surface area (Å²) in [5.41, 5.74) is 2.91. The van der Waals surface area contributed by atoms with Crippen LogP contribution in [0.25, 0.3) is 22.0 Å². The van der Waals surface area contributed by atoms with E-state index in [0.29, 0.717) is 17.1 Å². The summed E-state index contributed by atoms with van der Waals surface area (Å²) in [6.07, 6.45) is -0.458. The Morgan fingerprint density at radius 2 is 1.68 bits per heavy atom. The van der Waals surface area contributed by atoms with E-state index in [1.165, 1.54) is 11.3 Å². The lowest BCUT2D eigenvalue weighted by Gasteiger charge is -2.34. The second kappa shape index (κ2) is 5.46. The highest BCUT2D eigenvalue weighted by atomic mass is 32.1. The minimum atomic E-state index is -0.458. The number of para-hydroxylation sites is 1. The van der Waals surface area contributed by atoms with Crippen molar-refractivity contribution in [2.75, 3.05) is 4.90 Å². The molecule has 0 radical (unpaired) electrons. The molecule has 2 aliphatic heterocycles. The van der Waals surface area contributed by atoms with Gasteiger partial charge < -0.3 is 0 Å². The molecule has 0 saturated carbocycles. The van der Waals surface area contributed by atoms with Gasteiger partial charge >= 0.3 is 5.56 Å². The van der Waals surface area contributed by atoms with Gasteiger partial charge in [0.1, 0.15) is 0 Å². The third-order valence-corrected chi connectivity index (χ3v) is 6.03. The second-order valence-electron chi connectivity index (χ2n) is 6.66. The molecule has 2 aromatic heterocycles. The third-order valence-electron chi connectivity index (χ3n) is 5.16. The van der Waals surface area contributed by atoms with Gasteiger partial charge in [0, 0.05) is 16.7 Å². The van der Waals surface area contributed by atoms with Crippen molar-refractivity contribution in [1.29, 1.82) is 0 Å². The fraction of sp³-hybridized carbons (Fsp3) is 0.0476. The quantitative estimate of drug-likeness (QED) is 0.503. The van der Waals surface area contributed by atoms with Crippen molar-refractivity contribution in [1.82, 2.24) is 14.8 Å². The summed E-state index contributed by atoms with van der Waals surface area (Å²) < 4.78 is 1.71. The SMILES string of the molecule is O=C1c2ccccc2C2N1c1ccccc1-c1nc(=O)c(-c3cccs3)nn12. The molecule has 134 valence electrons. The van der Waals surface area contributed by atoms with E-state index in [2.05, 4.69) is 10.1 Å². The zero-order chi connectivity index (χ0) is 18.8. The molecular formula is C21H12N4O2S. The summed E-state index contributed by atoms with van der Waals surface area (Å²) in [6, 6.07) is 18.8. The van der Waals surface area contributed by atoms with E-state index < -0.39 is 6.17 Å². The van der Waals surface area contributed by atoms with E-state index in [0.717, 1.165) is 21.7 Å². The fourth-order valence-electron chi connectivity index (χ4n) is 3.97. The minimum absolute atomic E-state index is 0.0723. The van der Waals surface area contributed by atoms with Crippen molar-refractivity contribution in [3.63, 3.8) is 0 Å². The number of nitrogens with zero attached hydrogens (tertiary/aromatic N) is 4. The minimum Gasteiger partial charge on any atom is -0.280 e. The highest BCUT2D eigenvalue weighted by Crippen LogP contribution is 2.46. The van der Waals surface area contributed by atoms with Crippen molar-refractivity contribution < 1.29 is 4.79 Å². The predicted octanol–water partition coefficient (Wildman–Crippen LogP) is 3.55. The first-order valence-electron chi connectivity index (χ1n) is 8.80. The Morgan fingerprint density at radius 3 is 2.50 bits per heavy atom. The van der Waals surface area contributed by atoms with Crippen LogP contribution in [0.4, 0.5) is 5.69 Å². The number of hydrogen-bond acceptors (Lipinski definition) is 5. The van der Waals surface area contributed by atoms with Gasteiger partial charge in [0.05, 0.1) is 10.6 Å². The van der Waals surface area contributed by atoms with E-state index in [1.54, 1.807) is 9.58 Å². The molecule has 0 fully saturated rings. The predicted molar refractivity (Wildman–Crippen MR) is 106 cm³/mol. The van der Waals surface area contributed by atoms with Crippen LogP contribution in [0.2, 0.25) is 0 Å². The Hall–Kier alpha value is -3.58. The monoisotopic (exact) mass is 384 g/mol. The van der Waals surface area contributed by atoms with Gasteiger partial charge in [-0.2, -0.15) is 10.1 Å². The van der Waals surface area contributed by atoms with Gasteiger partial charge in [-0.3, -0.25) is 14.5 Å². The normalized spacial score (nSPS) is 16.4. The number of anilines is 1. The van der Waals surface area contributed by atoms with E-state index in [9.17, 15) is 9.59 Å². The van der Waals surface area contributed by atoms with Crippen LogP contribution in [-0.4, -0.2) is 20.7 Å². The van der Waals surface area contributed by atoms with Crippen LogP contribution in [0.1, 0.15) is 22.1 Å². The Labute approximate surface area is 163 Å². The van der Waals surface area contributed by atoms with Crippen molar-refractivity contribution in [2.24, 2.45) is 0 Å². The van der Waals surface area contributed by atoms with Crippen LogP contribution >= 0.6 is 11.3 Å². The maximum Gasteiger partial charge on any atom is 0.300 e. The molecule has 7 heteroatoms. The number of carbonyl (C=O) groups is 1. The molecule has 2 aliphatic rings. The highest BCUT2D eigenvalue weighted by Gasteiger charge is 2.44. The number of rotatable bonds is 1. The summed E-state index contributed by atoms with van der Waals surface area (Å²) in [5, 5.41) is 6.59. The Bertz CT molecular complexity index is 1330. The lowest BCUT2D eigenvalue weighted by molar-refractivity contribution is 0.0986. The molecule has 2 aromatic carbocycles. The molecule has 4 aromatic rings. The summed E-state index contributed by atoms with van der Waals surface area (Å²) in [4.78, 5) is 32.8. The van der Waals surface area contributed by atoms with E-state index in [-0.39, 0.29) is 11.5 Å². The van der Waals surface area contributed by atoms with Crippen LogP contribution in [0.3, 0.4) is 0 Å². The molecule has 1 unspecified atom stereocenters. The van der Waals surface area contributed by atoms with Gasteiger partial charge in [-0.25, -0.2) is 4.68 Å². The molecule has 1 atom stereocenters. The molecule has 28 heavy (non-hydrogen) atoms. The molecule has 4 heterocycles. The van der Waals surface area contributed by atoms with Crippen molar-refractivity contribution >= 4 is 22.9 Å². The number of aromatic nitrogens is 3. The van der Waals surface area contributed by atoms with Gasteiger partial charge in [-0.15, -0.1) is 11.3 Å². The first kappa shape index (κ1) is 15.5. The number of carbonyl (C=O) groups excluding carboxylic acids is 1. The Kier molecular flexibility index (Phi) is 3.02. The van der Waals surface area contributed by atoms with E-state index in [1.807, 2.05) is 66.0 Å². The molecule has 6 rings (SSSR count). The molecule has 0 saturated heterocycles. The lowest BCUT2D eigenvalue weighted by atomic mass is 10.1. The van der Waals surface area contributed by atoms with Gasteiger partial charge in [0.2, 0.25) is 0 Å². The maximum absolute atomic E-state index is 13.2. The summed E-state index contributed by atoms with van der Waals surface area (Å²) in [5.74, 6) is 0.406. The number of benzene rings is 2. The van der Waals surface area contributed by atoms with Crippen molar-refractivity contribution in [2.45, 2.75) is 6.17 Å². The largest absolute Gasteiger partial charge is 0.300 e. The van der Waals surface area contributed by atoms with Crippen molar-refractivity contribution in [3.8, 4) is 22.0 Å². The zero-order valence-corrected chi connectivity index (χ0v) is 15.3. The number of fused-ring (bicyclic) bond motifs is 8. The smallest absolute Gasteiger partial charge is 0.280 e. The van der Waals surface area contributed by atoms with E-state index in [4.69, 9.17) is 0 Å². The molecule has 0 aliphatic carbocycles. The average molecular weight is 384 g/mol. The fourth-order valence-corrected chi connectivity index (χ4v) is 4.67. The molecule has 0 bridgehead atoms. The Morgan fingerprint density at radius 1 is 0.893 bits per heavy atom. The van der Waals surface area contributed by atoms with Gasteiger partial charge in [-0.1, -0.05) is 36.4 Å². The molecule has 6 nitrogen and oxygen atoms in total. The number of thiophene rings is 1. The maximum atomic E-state index is 13.2. The zero-order valence-electron chi connectivity index (χ0n) is 14.4. The molecule has 0 spiro atoms. The van der Waals surface area contributed by atoms with Crippen LogP contribution in [-0.2, 0) is 0 Å². The van der Waals surface area contributed by atoms with Gasteiger partial charge in [0.15, 0.2) is 17.7 Å².